The van der Waals surface area contributed by atoms with Crippen LogP contribution in [0.3, 0.4) is 0 Å². The van der Waals surface area contributed by atoms with Crippen LogP contribution in [0.15, 0.2) is 96.6 Å². The van der Waals surface area contributed by atoms with Crippen LogP contribution in [0.25, 0.3) is 16.0 Å². The Kier molecular flexibility index (Phi) is 8.23. The molecule has 1 saturated heterocycles. The van der Waals surface area contributed by atoms with E-state index in [4.69, 9.17) is 25.8 Å². The average Bonchev–Trinajstić information content (AvgIpc) is 3.57. The van der Waals surface area contributed by atoms with Gasteiger partial charge in [-0.05, 0) is 72.6 Å². The Morgan fingerprint density at radius 3 is 2.45 bits per heavy atom. The molecule has 44 heavy (non-hydrogen) atoms. The van der Waals surface area contributed by atoms with Gasteiger partial charge in [0, 0.05) is 10.6 Å². The number of rotatable bonds is 9. The lowest BCUT2D eigenvalue weighted by atomic mass is 9.95. The highest BCUT2D eigenvalue weighted by Gasteiger charge is 2.48. The first kappa shape index (κ1) is 29.2. The lowest BCUT2D eigenvalue weighted by molar-refractivity contribution is -0.132. The van der Waals surface area contributed by atoms with Crippen molar-refractivity contribution >= 4 is 55.7 Å². The van der Waals surface area contributed by atoms with Crippen molar-refractivity contribution in [3.63, 3.8) is 0 Å². The predicted molar refractivity (Wildman–Crippen MR) is 171 cm³/mol. The van der Waals surface area contributed by atoms with Crippen molar-refractivity contribution in [1.29, 1.82) is 0 Å². The Bertz CT molecular complexity index is 1890. The van der Waals surface area contributed by atoms with Crippen molar-refractivity contribution in [3.8, 4) is 17.2 Å². The van der Waals surface area contributed by atoms with E-state index in [1.165, 1.54) is 23.3 Å². The molecule has 1 amide bonds. The quantitative estimate of drug-likeness (QED) is 0.102. The summed E-state index contributed by atoms with van der Waals surface area (Å²) in [6.07, 6.45) is 0. The number of halogens is 1. The molecule has 1 fully saturated rings. The molecule has 0 radical (unpaired) electrons. The monoisotopic (exact) mass is 626 g/mol. The second kappa shape index (κ2) is 12.4. The molecule has 1 aliphatic rings. The van der Waals surface area contributed by atoms with Crippen LogP contribution in [-0.2, 0) is 16.2 Å². The topological polar surface area (TPSA) is 98.2 Å². The maximum absolute atomic E-state index is 13.7. The molecular weight excluding hydrogens is 600 g/mol. The van der Waals surface area contributed by atoms with Crippen molar-refractivity contribution in [2.75, 3.05) is 18.6 Å². The molecule has 4 aromatic carbocycles. The zero-order valence-corrected chi connectivity index (χ0v) is 25.4. The largest absolute Gasteiger partial charge is 0.507 e. The molecule has 5 aromatic rings. The predicted octanol–water partition coefficient (Wildman–Crippen LogP) is 7.56. The van der Waals surface area contributed by atoms with Crippen LogP contribution in [-0.4, -0.2) is 35.5 Å². The number of benzene rings is 4. The Morgan fingerprint density at radius 2 is 1.73 bits per heavy atom. The van der Waals surface area contributed by atoms with E-state index in [0.29, 0.717) is 57.3 Å². The van der Waals surface area contributed by atoms with Crippen molar-refractivity contribution in [2.24, 2.45) is 0 Å². The van der Waals surface area contributed by atoms with Crippen molar-refractivity contribution in [1.82, 2.24) is 4.98 Å². The number of fused-ring (bicyclic) bond motifs is 1. The molecule has 8 nitrogen and oxygen atoms in total. The molecular formula is C34H27ClN2O6S. The van der Waals surface area contributed by atoms with Gasteiger partial charge >= 0.3 is 5.91 Å². The van der Waals surface area contributed by atoms with Crippen molar-refractivity contribution < 1.29 is 28.9 Å². The fourth-order valence-corrected chi connectivity index (χ4v) is 6.32. The molecule has 1 unspecified atom stereocenters. The van der Waals surface area contributed by atoms with Gasteiger partial charge < -0.3 is 19.3 Å². The molecule has 1 aromatic heterocycles. The summed E-state index contributed by atoms with van der Waals surface area (Å²) in [7, 11) is 1.54. The van der Waals surface area contributed by atoms with Crippen LogP contribution in [0.5, 0.6) is 17.2 Å². The van der Waals surface area contributed by atoms with Gasteiger partial charge in [-0.25, -0.2) is 4.98 Å². The lowest BCUT2D eigenvalue weighted by Gasteiger charge is -2.24. The Hall–Kier alpha value is -4.86. The van der Waals surface area contributed by atoms with E-state index in [2.05, 4.69) is 4.98 Å². The number of ether oxygens (including phenoxy) is 3. The Labute approximate surface area is 262 Å². The first-order chi connectivity index (χ1) is 21.4. The summed E-state index contributed by atoms with van der Waals surface area (Å²) >= 11 is 7.45. The molecule has 6 rings (SSSR count). The zero-order chi connectivity index (χ0) is 30.8. The number of aromatic nitrogens is 1. The van der Waals surface area contributed by atoms with Crippen LogP contribution in [0, 0.1) is 0 Å². The van der Waals surface area contributed by atoms with E-state index in [-0.39, 0.29) is 11.3 Å². The minimum atomic E-state index is -1.00. The number of carbonyl (C=O) groups is 2. The highest BCUT2D eigenvalue weighted by Crippen LogP contribution is 2.46. The second-order valence-electron chi connectivity index (χ2n) is 9.92. The van der Waals surface area contributed by atoms with Crippen LogP contribution < -0.4 is 19.1 Å². The van der Waals surface area contributed by atoms with Crippen molar-refractivity contribution in [2.45, 2.75) is 19.6 Å². The van der Waals surface area contributed by atoms with Gasteiger partial charge in [0.05, 0.1) is 35.5 Å². The summed E-state index contributed by atoms with van der Waals surface area (Å²) in [5.41, 5.74) is 2.44. The molecule has 0 aliphatic carbocycles. The maximum Gasteiger partial charge on any atom is 0.301 e. The van der Waals surface area contributed by atoms with E-state index in [1.54, 1.807) is 60.7 Å². The van der Waals surface area contributed by atoms with Crippen LogP contribution in [0.1, 0.15) is 29.7 Å². The Balaban J connectivity index is 1.48. The average molecular weight is 627 g/mol. The number of Topliss-reactive ketones (excluding diaryl/α,β-unsaturated/α-hetero) is 1. The zero-order valence-electron chi connectivity index (χ0n) is 23.8. The molecule has 222 valence electrons. The summed E-state index contributed by atoms with van der Waals surface area (Å²) in [4.78, 5) is 33.4. The van der Waals surface area contributed by atoms with E-state index in [0.717, 1.165) is 10.3 Å². The van der Waals surface area contributed by atoms with Gasteiger partial charge in [-0.15, -0.1) is 0 Å². The minimum Gasteiger partial charge on any atom is -0.507 e. The van der Waals surface area contributed by atoms with Gasteiger partial charge in [0.2, 0.25) is 0 Å². The van der Waals surface area contributed by atoms with Gasteiger partial charge in [0.1, 0.15) is 18.1 Å². The van der Waals surface area contributed by atoms with Gasteiger partial charge in [-0.3, -0.25) is 14.5 Å². The third-order valence-corrected chi connectivity index (χ3v) is 8.43. The summed E-state index contributed by atoms with van der Waals surface area (Å²) in [6.45, 7) is 2.54. The maximum atomic E-state index is 13.7. The molecule has 0 saturated carbocycles. The second-order valence-corrected chi connectivity index (χ2v) is 11.4. The summed E-state index contributed by atoms with van der Waals surface area (Å²) < 4.78 is 18.0. The number of hydrogen-bond acceptors (Lipinski definition) is 8. The van der Waals surface area contributed by atoms with Crippen LogP contribution in [0.2, 0.25) is 5.02 Å². The van der Waals surface area contributed by atoms with E-state index in [1.807, 2.05) is 37.3 Å². The number of nitrogens with zero attached hydrogens (tertiary/aromatic N) is 2. The summed E-state index contributed by atoms with van der Waals surface area (Å²) in [6, 6.07) is 25.8. The van der Waals surface area contributed by atoms with Gasteiger partial charge in [-0.2, -0.15) is 0 Å². The third kappa shape index (κ3) is 5.59. The SMILES string of the molecule is CCOc1cc(C2C(=C(O)c3ccc(OC)cc3)C(=O)C(=O)N2c2nc3ccc(Cl)cc3s2)ccc1OCc1ccccc1. The fourth-order valence-electron chi connectivity index (χ4n) is 5.06. The molecule has 0 spiro atoms. The number of amides is 1. The molecule has 10 heteroatoms. The summed E-state index contributed by atoms with van der Waals surface area (Å²) in [5.74, 6) is -0.432. The molecule has 2 heterocycles. The number of methoxy groups -OCH3 is 1. The first-order valence-electron chi connectivity index (χ1n) is 13.8. The molecule has 1 aliphatic heterocycles. The minimum absolute atomic E-state index is 0.0714. The van der Waals surface area contributed by atoms with Crippen LogP contribution in [0.4, 0.5) is 5.13 Å². The van der Waals surface area contributed by atoms with Gasteiger partial charge in [-0.1, -0.05) is 59.3 Å². The number of hydrogen-bond donors (Lipinski definition) is 1. The normalized spacial score (nSPS) is 16.0. The number of thiazole rings is 1. The number of aliphatic hydroxyl groups is 1. The van der Waals surface area contributed by atoms with E-state index < -0.39 is 17.7 Å². The van der Waals surface area contributed by atoms with Crippen LogP contribution >= 0.6 is 22.9 Å². The fraction of sp³-hybridized carbons (Fsp3) is 0.147. The molecule has 1 atom stereocenters. The highest BCUT2D eigenvalue weighted by atomic mass is 35.5. The third-order valence-electron chi connectivity index (χ3n) is 7.17. The standard InChI is InChI=1S/C34H27ClN2O6S/c1-3-42-27-17-22(11-16-26(27)43-19-20-7-5-4-6-8-20)30-29(31(38)21-9-13-24(41-2)14-10-21)32(39)33(40)37(30)34-36-25-15-12-23(35)18-28(25)44-34/h4-18,30,38H,3,19H2,1-2H3. The Morgan fingerprint density at radius 1 is 0.955 bits per heavy atom. The van der Waals surface area contributed by atoms with E-state index >= 15 is 0 Å². The number of ketones is 1. The highest BCUT2D eigenvalue weighted by molar-refractivity contribution is 7.22. The molecule has 0 bridgehead atoms. The number of carbonyl (C=O) groups excluding carboxylic acids is 2. The molecule has 1 N–H and O–H groups in total. The smallest absolute Gasteiger partial charge is 0.301 e. The lowest BCUT2D eigenvalue weighted by Crippen LogP contribution is -2.29. The van der Waals surface area contributed by atoms with Gasteiger partial charge in [0.15, 0.2) is 16.6 Å². The first-order valence-corrected chi connectivity index (χ1v) is 15.0. The van der Waals surface area contributed by atoms with Crippen molar-refractivity contribution in [3.05, 3.63) is 118 Å². The van der Waals surface area contributed by atoms with E-state index in [9.17, 15) is 14.7 Å². The van der Waals surface area contributed by atoms with Gasteiger partial charge in [0.25, 0.3) is 5.78 Å². The number of aliphatic hydroxyl groups excluding tert-OH is 1. The number of anilines is 1. The summed E-state index contributed by atoms with van der Waals surface area (Å²) in [5, 5.41) is 12.4.